The van der Waals surface area contributed by atoms with Crippen molar-refractivity contribution in [1.82, 2.24) is 0 Å². The molecule has 40 heavy (non-hydrogen) atoms. The number of aryl methyl sites for hydroxylation is 1. The van der Waals surface area contributed by atoms with Gasteiger partial charge >= 0.3 is 0 Å². The fourth-order valence-corrected chi connectivity index (χ4v) is 5.03. The number of ether oxygens (including phenoxy) is 6. The molecular weight excluding hydrogens is 536 g/mol. The predicted octanol–water partition coefficient (Wildman–Crippen LogP) is 5.16. The number of rotatable bonds is 15. The van der Waals surface area contributed by atoms with Crippen LogP contribution in [0.5, 0.6) is 34.5 Å². The van der Waals surface area contributed by atoms with Crippen LogP contribution in [0.25, 0.3) is 0 Å². The van der Waals surface area contributed by atoms with Gasteiger partial charge in [-0.15, -0.1) is 6.58 Å². The monoisotopic (exact) mass is 572 g/mol. The van der Waals surface area contributed by atoms with Crippen molar-refractivity contribution in [3.8, 4) is 34.5 Å². The van der Waals surface area contributed by atoms with Crippen molar-refractivity contribution in [2.75, 3.05) is 42.2 Å². The van der Waals surface area contributed by atoms with E-state index in [9.17, 15) is 8.42 Å². The average molecular weight is 573 g/mol. The van der Waals surface area contributed by atoms with Crippen LogP contribution >= 0.6 is 0 Å². The lowest BCUT2D eigenvalue weighted by Crippen LogP contribution is -2.28. The normalized spacial score (nSPS) is 11.8. The third-order valence-electron chi connectivity index (χ3n) is 6.09. The SMILES string of the molecule is C=CCc1cc(OC)c(O[C@@H](COS(=O)(=O)c2ccc(C)cc2)Cc2cc(OC)c(OC)c(OC)c2)c(OC)c1. The van der Waals surface area contributed by atoms with Crippen molar-refractivity contribution in [2.24, 2.45) is 0 Å². The summed E-state index contributed by atoms with van der Waals surface area (Å²) < 4.78 is 65.5. The van der Waals surface area contributed by atoms with Gasteiger partial charge in [-0.25, -0.2) is 0 Å². The zero-order valence-corrected chi connectivity index (χ0v) is 24.5. The minimum absolute atomic E-state index is 0.0496. The van der Waals surface area contributed by atoms with Crippen LogP contribution in [0.3, 0.4) is 0 Å². The van der Waals surface area contributed by atoms with Gasteiger partial charge < -0.3 is 28.4 Å². The fraction of sp³-hybridized carbons (Fsp3) is 0.333. The number of benzene rings is 3. The third kappa shape index (κ3) is 7.40. The third-order valence-corrected chi connectivity index (χ3v) is 7.39. The lowest BCUT2D eigenvalue weighted by Gasteiger charge is -2.23. The quantitative estimate of drug-likeness (QED) is 0.181. The summed E-state index contributed by atoms with van der Waals surface area (Å²) in [6.45, 7) is 5.36. The molecule has 0 unspecified atom stereocenters. The second-order valence-corrected chi connectivity index (χ2v) is 10.5. The van der Waals surface area contributed by atoms with E-state index in [0.717, 1.165) is 16.7 Å². The molecule has 0 aliphatic rings. The van der Waals surface area contributed by atoms with Gasteiger partial charge in [-0.2, -0.15) is 8.42 Å². The Morgan fingerprint density at radius 1 is 0.750 bits per heavy atom. The maximum absolute atomic E-state index is 13.0. The van der Waals surface area contributed by atoms with Crippen molar-refractivity contribution in [2.45, 2.75) is 30.8 Å². The zero-order valence-electron chi connectivity index (χ0n) is 23.7. The van der Waals surface area contributed by atoms with Crippen molar-refractivity contribution < 1.29 is 41.0 Å². The van der Waals surface area contributed by atoms with E-state index in [1.165, 1.54) is 47.7 Å². The maximum Gasteiger partial charge on any atom is 0.297 e. The second kappa shape index (κ2) is 14.0. The first-order valence-electron chi connectivity index (χ1n) is 12.5. The number of methoxy groups -OCH3 is 5. The number of allylic oxidation sites excluding steroid dienone is 1. The van der Waals surface area contributed by atoms with Gasteiger partial charge in [-0.1, -0.05) is 23.8 Å². The van der Waals surface area contributed by atoms with Crippen molar-refractivity contribution >= 4 is 10.1 Å². The molecule has 0 amide bonds. The van der Waals surface area contributed by atoms with Crippen LogP contribution in [0.1, 0.15) is 16.7 Å². The van der Waals surface area contributed by atoms with E-state index in [4.69, 9.17) is 32.6 Å². The molecule has 216 valence electrons. The summed E-state index contributed by atoms with van der Waals surface area (Å²) in [5.74, 6) is 2.50. The molecule has 10 heteroatoms. The topological polar surface area (TPSA) is 98.8 Å². The van der Waals surface area contributed by atoms with Crippen LogP contribution in [-0.4, -0.2) is 56.7 Å². The van der Waals surface area contributed by atoms with Crippen LogP contribution in [0.4, 0.5) is 0 Å². The summed E-state index contributed by atoms with van der Waals surface area (Å²) >= 11 is 0. The summed E-state index contributed by atoms with van der Waals surface area (Å²) in [5.41, 5.74) is 2.58. The predicted molar refractivity (Wildman–Crippen MR) is 152 cm³/mol. The molecule has 0 aliphatic heterocycles. The van der Waals surface area contributed by atoms with Crippen molar-refractivity contribution in [3.05, 3.63) is 77.9 Å². The highest BCUT2D eigenvalue weighted by atomic mass is 32.2. The first-order chi connectivity index (χ1) is 19.2. The fourth-order valence-electron chi connectivity index (χ4n) is 4.09. The van der Waals surface area contributed by atoms with E-state index in [2.05, 4.69) is 6.58 Å². The van der Waals surface area contributed by atoms with Crippen LogP contribution in [0, 0.1) is 6.92 Å². The Kier molecular flexibility index (Phi) is 10.7. The van der Waals surface area contributed by atoms with E-state index in [-0.39, 0.29) is 17.9 Å². The molecule has 0 radical (unpaired) electrons. The van der Waals surface area contributed by atoms with Crippen molar-refractivity contribution in [3.63, 3.8) is 0 Å². The second-order valence-electron chi connectivity index (χ2n) is 8.85. The molecule has 0 aliphatic carbocycles. The molecule has 0 heterocycles. The molecule has 0 saturated heterocycles. The van der Waals surface area contributed by atoms with Gasteiger partial charge in [0.05, 0.1) is 40.4 Å². The molecule has 3 rings (SSSR count). The largest absolute Gasteiger partial charge is 0.493 e. The van der Waals surface area contributed by atoms with Crippen LogP contribution < -0.4 is 28.4 Å². The maximum atomic E-state index is 13.0. The van der Waals surface area contributed by atoms with Gasteiger partial charge in [-0.05, 0) is 60.9 Å². The highest BCUT2D eigenvalue weighted by Crippen LogP contribution is 2.41. The molecule has 0 saturated carbocycles. The Morgan fingerprint density at radius 3 is 1.73 bits per heavy atom. The van der Waals surface area contributed by atoms with Crippen LogP contribution in [-0.2, 0) is 27.1 Å². The molecular formula is C30H36O9S. The first-order valence-corrected chi connectivity index (χ1v) is 13.9. The summed E-state index contributed by atoms with van der Waals surface area (Å²) in [7, 11) is 3.54. The Labute approximate surface area is 236 Å². The smallest absolute Gasteiger partial charge is 0.297 e. The molecule has 0 N–H and O–H groups in total. The van der Waals surface area contributed by atoms with E-state index >= 15 is 0 Å². The van der Waals surface area contributed by atoms with Crippen LogP contribution in [0.15, 0.2) is 66.1 Å². The van der Waals surface area contributed by atoms with E-state index in [1.54, 1.807) is 30.3 Å². The Hall–Kier alpha value is -3.89. The van der Waals surface area contributed by atoms with Gasteiger partial charge in [0.2, 0.25) is 11.5 Å². The molecule has 1 atom stereocenters. The Morgan fingerprint density at radius 2 is 1.25 bits per heavy atom. The van der Waals surface area contributed by atoms with Crippen molar-refractivity contribution in [1.29, 1.82) is 0 Å². The lowest BCUT2D eigenvalue weighted by molar-refractivity contribution is 0.124. The highest BCUT2D eigenvalue weighted by molar-refractivity contribution is 7.86. The van der Waals surface area contributed by atoms with Crippen LogP contribution in [0.2, 0.25) is 0 Å². The van der Waals surface area contributed by atoms with E-state index < -0.39 is 16.2 Å². The molecule has 0 aromatic heterocycles. The Balaban J connectivity index is 2.01. The van der Waals surface area contributed by atoms with Gasteiger partial charge in [0.15, 0.2) is 23.0 Å². The summed E-state index contributed by atoms with van der Waals surface area (Å²) in [4.78, 5) is 0.0496. The highest BCUT2D eigenvalue weighted by Gasteiger charge is 2.25. The summed E-state index contributed by atoms with van der Waals surface area (Å²) in [6, 6.07) is 13.6. The molecule has 3 aromatic rings. The molecule has 0 fully saturated rings. The van der Waals surface area contributed by atoms with Gasteiger partial charge in [0, 0.05) is 6.42 Å². The minimum atomic E-state index is -4.06. The zero-order chi connectivity index (χ0) is 29.3. The van der Waals surface area contributed by atoms with Gasteiger partial charge in [-0.3, -0.25) is 4.18 Å². The summed E-state index contributed by atoms with van der Waals surface area (Å²) in [6.07, 6.45) is 1.79. The van der Waals surface area contributed by atoms with E-state index in [0.29, 0.717) is 40.9 Å². The Bertz CT molecular complexity index is 1350. The minimum Gasteiger partial charge on any atom is -0.493 e. The number of hydrogen-bond acceptors (Lipinski definition) is 9. The first kappa shape index (κ1) is 30.6. The number of hydrogen-bond donors (Lipinski definition) is 0. The molecule has 0 bridgehead atoms. The summed E-state index contributed by atoms with van der Waals surface area (Å²) in [5, 5.41) is 0. The lowest BCUT2D eigenvalue weighted by atomic mass is 10.1. The average Bonchev–Trinajstić information content (AvgIpc) is 2.96. The standard InChI is InChI=1S/C30H36O9S/c1-8-9-21-15-27(35-5)30(28(16-21)36-6)39-23(19-38-40(31,32)24-12-10-20(2)11-13-24)14-22-17-25(33-3)29(37-7)26(18-22)34-4/h8,10-13,15-18,23H,1,9,14,19H2,2-7H3/t23-/m1/s1. The molecule has 0 spiro atoms. The molecule has 3 aromatic carbocycles. The molecule has 9 nitrogen and oxygen atoms in total. The van der Waals surface area contributed by atoms with E-state index in [1.807, 2.05) is 19.1 Å². The van der Waals surface area contributed by atoms with Gasteiger partial charge in [0.25, 0.3) is 10.1 Å². The van der Waals surface area contributed by atoms with Gasteiger partial charge in [0.1, 0.15) is 12.7 Å².